The van der Waals surface area contributed by atoms with Crippen molar-refractivity contribution < 1.29 is 19.4 Å². The van der Waals surface area contributed by atoms with Crippen LogP contribution in [0.25, 0.3) is 0 Å². The molecule has 104 valence electrons. The van der Waals surface area contributed by atoms with E-state index in [1.165, 1.54) is 18.2 Å². The fourth-order valence-corrected chi connectivity index (χ4v) is 2.33. The molecule has 2 atom stereocenters. The molecule has 1 aliphatic rings. The minimum Gasteiger partial charge on any atom is -0.478 e. The van der Waals surface area contributed by atoms with E-state index in [-0.39, 0.29) is 11.5 Å². The molecule has 1 saturated heterocycles. The Kier molecular flexibility index (Phi) is 4.17. The first kappa shape index (κ1) is 14.0. The summed E-state index contributed by atoms with van der Waals surface area (Å²) in [6, 6.07) is 3.80. The van der Waals surface area contributed by atoms with Gasteiger partial charge in [-0.05, 0) is 37.1 Å². The van der Waals surface area contributed by atoms with Gasteiger partial charge in [0.25, 0.3) is 0 Å². The number of nitrogens with zero attached hydrogens (tertiary/aromatic N) is 1. The second kappa shape index (κ2) is 5.67. The van der Waals surface area contributed by atoms with Crippen LogP contribution in [0.15, 0.2) is 18.2 Å². The largest absolute Gasteiger partial charge is 0.478 e. The second-order valence-corrected chi connectivity index (χ2v) is 5.18. The molecule has 19 heavy (non-hydrogen) atoms. The summed E-state index contributed by atoms with van der Waals surface area (Å²) in [4.78, 5) is 12.8. The molecule has 0 bridgehead atoms. The predicted molar refractivity (Wildman–Crippen MR) is 68.4 cm³/mol. The van der Waals surface area contributed by atoms with Crippen LogP contribution in [0.1, 0.15) is 29.3 Å². The van der Waals surface area contributed by atoms with Gasteiger partial charge in [-0.2, -0.15) is 0 Å². The molecule has 1 aliphatic heterocycles. The van der Waals surface area contributed by atoms with Crippen LogP contribution >= 0.6 is 0 Å². The molecule has 1 heterocycles. The molecule has 2 N–H and O–H groups in total. The molecule has 0 spiro atoms. The van der Waals surface area contributed by atoms with Crippen LogP contribution in [-0.4, -0.2) is 40.3 Å². The summed E-state index contributed by atoms with van der Waals surface area (Å²) in [6.45, 7) is 3.61. The summed E-state index contributed by atoms with van der Waals surface area (Å²) in [5.41, 5.74) is 0.448. The smallest absolute Gasteiger partial charge is 0.335 e. The molecule has 2 unspecified atom stereocenters. The summed E-state index contributed by atoms with van der Waals surface area (Å²) in [5, 5.41) is 18.7. The van der Waals surface area contributed by atoms with Gasteiger partial charge in [-0.3, -0.25) is 4.90 Å². The fraction of sp³-hybridized carbons (Fsp3) is 0.500. The number of β-amino-alcohol motifs (C(OH)–C–C–N with tert-alkyl or cyclic N) is 1. The average molecular weight is 267 g/mol. The average Bonchev–Trinajstić information content (AvgIpc) is 2.36. The molecule has 0 saturated carbocycles. The van der Waals surface area contributed by atoms with E-state index >= 15 is 0 Å². The highest BCUT2D eigenvalue weighted by atomic mass is 19.1. The third kappa shape index (κ3) is 3.30. The molecule has 0 radical (unpaired) electrons. The predicted octanol–water partition coefficient (Wildman–Crippen LogP) is 1.73. The molecule has 1 aromatic carbocycles. The first-order valence-electron chi connectivity index (χ1n) is 6.39. The number of hydrogen-bond donors (Lipinski definition) is 2. The molecule has 1 aromatic rings. The van der Waals surface area contributed by atoms with Gasteiger partial charge < -0.3 is 10.2 Å². The van der Waals surface area contributed by atoms with E-state index in [0.29, 0.717) is 18.7 Å². The number of aliphatic hydroxyl groups excluding tert-OH is 1. The maximum Gasteiger partial charge on any atom is 0.335 e. The van der Waals surface area contributed by atoms with E-state index < -0.39 is 17.9 Å². The monoisotopic (exact) mass is 267 g/mol. The van der Waals surface area contributed by atoms with E-state index in [9.17, 15) is 14.3 Å². The van der Waals surface area contributed by atoms with Crippen LogP contribution in [0.2, 0.25) is 0 Å². The SMILES string of the molecule is CC1CCN(Cc2cc(C(=O)O)ccc2F)CC1O. The Morgan fingerprint density at radius 3 is 2.89 bits per heavy atom. The molecule has 0 amide bonds. The lowest BCUT2D eigenvalue weighted by molar-refractivity contribution is 0.0255. The number of rotatable bonds is 3. The van der Waals surface area contributed by atoms with Crippen molar-refractivity contribution in [3.05, 3.63) is 35.1 Å². The van der Waals surface area contributed by atoms with Gasteiger partial charge >= 0.3 is 5.97 Å². The van der Waals surface area contributed by atoms with Crippen molar-refractivity contribution in [1.29, 1.82) is 0 Å². The molecule has 0 aromatic heterocycles. The zero-order chi connectivity index (χ0) is 14.0. The third-order valence-corrected chi connectivity index (χ3v) is 3.69. The number of carbonyl (C=O) groups is 1. The van der Waals surface area contributed by atoms with Crippen molar-refractivity contribution in [3.8, 4) is 0 Å². The number of carboxylic acid groups (broad SMARTS) is 1. The van der Waals surface area contributed by atoms with Crippen molar-refractivity contribution in [3.63, 3.8) is 0 Å². The van der Waals surface area contributed by atoms with Crippen molar-refractivity contribution in [2.75, 3.05) is 13.1 Å². The van der Waals surface area contributed by atoms with Gasteiger partial charge in [0.05, 0.1) is 11.7 Å². The Balaban J connectivity index is 2.10. The first-order chi connectivity index (χ1) is 8.97. The summed E-state index contributed by atoms with van der Waals surface area (Å²) < 4.78 is 13.7. The van der Waals surface area contributed by atoms with Crippen LogP contribution in [0, 0.1) is 11.7 Å². The molecule has 5 heteroatoms. The van der Waals surface area contributed by atoms with Crippen LogP contribution in [0.4, 0.5) is 4.39 Å². The lowest BCUT2D eigenvalue weighted by Gasteiger charge is -2.34. The quantitative estimate of drug-likeness (QED) is 0.875. The van der Waals surface area contributed by atoms with E-state index in [4.69, 9.17) is 5.11 Å². The number of aromatic carboxylic acids is 1. The number of aliphatic hydroxyl groups is 1. The van der Waals surface area contributed by atoms with Gasteiger partial charge in [0, 0.05) is 18.7 Å². The lowest BCUT2D eigenvalue weighted by atomic mass is 9.95. The number of halogens is 1. The maximum absolute atomic E-state index is 13.7. The van der Waals surface area contributed by atoms with Crippen molar-refractivity contribution in [2.24, 2.45) is 5.92 Å². The minimum atomic E-state index is -1.06. The highest BCUT2D eigenvalue weighted by Crippen LogP contribution is 2.20. The van der Waals surface area contributed by atoms with Gasteiger partial charge in [-0.15, -0.1) is 0 Å². The number of benzene rings is 1. The van der Waals surface area contributed by atoms with Crippen molar-refractivity contribution >= 4 is 5.97 Å². The zero-order valence-corrected chi connectivity index (χ0v) is 10.8. The third-order valence-electron chi connectivity index (χ3n) is 3.69. The number of likely N-dealkylation sites (tertiary alicyclic amines) is 1. The molecule has 2 rings (SSSR count). The Labute approximate surface area is 111 Å². The summed E-state index contributed by atoms with van der Waals surface area (Å²) in [5.74, 6) is -1.21. The highest BCUT2D eigenvalue weighted by molar-refractivity contribution is 5.87. The van der Waals surface area contributed by atoms with Crippen molar-refractivity contribution in [1.82, 2.24) is 4.90 Å². The van der Waals surface area contributed by atoms with Crippen LogP contribution in [0.5, 0.6) is 0 Å². The summed E-state index contributed by atoms with van der Waals surface area (Å²) in [7, 11) is 0. The van der Waals surface area contributed by atoms with E-state index in [0.717, 1.165) is 13.0 Å². The topological polar surface area (TPSA) is 60.8 Å². The molecular formula is C14H18FNO3. The van der Waals surface area contributed by atoms with E-state index in [2.05, 4.69) is 0 Å². The standard InChI is InChI=1S/C14H18FNO3/c1-9-4-5-16(8-13(9)17)7-11-6-10(14(18)19)2-3-12(11)15/h2-3,6,9,13,17H,4-5,7-8H2,1H3,(H,18,19). The van der Waals surface area contributed by atoms with Gasteiger partial charge in [-0.1, -0.05) is 6.92 Å². The normalized spacial score (nSPS) is 24.4. The summed E-state index contributed by atoms with van der Waals surface area (Å²) >= 11 is 0. The minimum absolute atomic E-state index is 0.0855. The van der Waals surface area contributed by atoms with E-state index in [1.54, 1.807) is 0 Å². The Morgan fingerprint density at radius 2 is 2.26 bits per heavy atom. The first-order valence-corrected chi connectivity index (χ1v) is 6.39. The Morgan fingerprint density at radius 1 is 1.53 bits per heavy atom. The molecule has 4 nitrogen and oxygen atoms in total. The fourth-order valence-electron chi connectivity index (χ4n) is 2.33. The maximum atomic E-state index is 13.7. The second-order valence-electron chi connectivity index (χ2n) is 5.18. The van der Waals surface area contributed by atoms with Gasteiger partial charge in [0.15, 0.2) is 0 Å². The van der Waals surface area contributed by atoms with Gasteiger partial charge in [0.2, 0.25) is 0 Å². The Hall–Kier alpha value is -1.46. The van der Waals surface area contributed by atoms with Crippen LogP contribution in [-0.2, 0) is 6.54 Å². The Bertz CT molecular complexity index is 478. The number of hydrogen-bond acceptors (Lipinski definition) is 3. The molecule has 1 fully saturated rings. The molecule has 0 aliphatic carbocycles. The van der Waals surface area contributed by atoms with E-state index in [1.807, 2.05) is 11.8 Å². The highest BCUT2D eigenvalue weighted by Gasteiger charge is 2.24. The van der Waals surface area contributed by atoms with Crippen LogP contribution < -0.4 is 0 Å². The zero-order valence-electron chi connectivity index (χ0n) is 10.8. The number of piperidine rings is 1. The summed E-state index contributed by atoms with van der Waals surface area (Å²) in [6.07, 6.45) is 0.459. The van der Waals surface area contributed by atoms with Crippen LogP contribution in [0.3, 0.4) is 0 Å². The lowest BCUT2D eigenvalue weighted by Crippen LogP contribution is -2.42. The van der Waals surface area contributed by atoms with Crippen molar-refractivity contribution in [2.45, 2.75) is 26.0 Å². The van der Waals surface area contributed by atoms with Gasteiger partial charge in [-0.25, -0.2) is 9.18 Å². The number of carboxylic acids is 1. The van der Waals surface area contributed by atoms with Gasteiger partial charge in [0.1, 0.15) is 5.82 Å². The molecular weight excluding hydrogens is 249 g/mol.